The van der Waals surface area contributed by atoms with E-state index in [1.807, 2.05) is 13.1 Å². The summed E-state index contributed by atoms with van der Waals surface area (Å²) in [7, 11) is 0. The number of nitrogens with one attached hydrogen (secondary N) is 1. The Morgan fingerprint density at radius 1 is 1.30 bits per heavy atom. The van der Waals surface area contributed by atoms with E-state index in [1.165, 1.54) is 10.9 Å². The highest BCUT2D eigenvalue weighted by Crippen LogP contribution is 2.21. The maximum atomic E-state index is 11.2. The molecule has 20 heavy (non-hydrogen) atoms. The summed E-state index contributed by atoms with van der Waals surface area (Å²) < 4.78 is 2.10. The number of carbonyl (C=O) groups is 1. The molecule has 1 aromatic carbocycles. The Bertz CT molecular complexity index is 601. The standard InChI is InChI=1S/C16H23N3O/c1-11(2)18-9-13-5-4-6-15-14(13)7-8-19(15)10-12(3)16(17)20/h4-8,11-12,18H,9-10H2,1-3H3,(H2,17,20). The van der Waals surface area contributed by atoms with Crippen molar-refractivity contribution in [2.75, 3.05) is 0 Å². The Labute approximate surface area is 120 Å². The van der Waals surface area contributed by atoms with Gasteiger partial charge in [0.1, 0.15) is 0 Å². The maximum absolute atomic E-state index is 11.2. The van der Waals surface area contributed by atoms with E-state index in [0.29, 0.717) is 12.6 Å². The van der Waals surface area contributed by atoms with Gasteiger partial charge in [-0.25, -0.2) is 0 Å². The molecule has 1 atom stereocenters. The van der Waals surface area contributed by atoms with Gasteiger partial charge in [0.25, 0.3) is 0 Å². The van der Waals surface area contributed by atoms with E-state index in [2.05, 4.69) is 48.0 Å². The Morgan fingerprint density at radius 2 is 2.05 bits per heavy atom. The fraction of sp³-hybridized carbons (Fsp3) is 0.438. The van der Waals surface area contributed by atoms with Crippen LogP contribution in [-0.2, 0) is 17.9 Å². The fourth-order valence-corrected chi connectivity index (χ4v) is 2.30. The molecule has 0 aliphatic heterocycles. The number of benzene rings is 1. The molecule has 2 aromatic rings. The van der Waals surface area contributed by atoms with Crippen LogP contribution in [0.5, 0.6) is 0 Å². The molecule has 108 valence electrons. The summed E-state index contributed by atoms with van der Waals surface area (Å²) >= 11 is 0. The van der Waals surface area contributed by atoms with E-state index in [1.54, 1.807) is 0 Å². The van der Waals surface area contributed by atoms with Crippen molar-refractivity contribution in [3.63, 3.8) is 0 Å². The summed E-state index contributed by atoms with van der Waals surface area (Å²) in [4.78, 5) is 11.2. The number of nitrogens with two attached hydrogens (primary N) is 1. The van der Waals surface area contributed by atoms with Gasteiger partial charge in [-0.1, -0.05) is 32.9 Å². The molecule has 0 saturated carbocycles. The molecule has 4 nitrogen and oxygen atoms in total. The molecule has 0 saturated heterocycles. The largest absolute Gasteiger partial charge is 0.369 e. The number of nitrogens with zero attached hydrogens (tertiary/aromatic N) is 1. The molecule has 0 bridgehead atoms. The van der Waals surface area contributed by atoms with Crippen LogP contribution in [0, 0.1) is 5.92 Å². The molecular formula is C16H23N3O. The third kappa shape index (κ3) is 3.20. The molecule has 0 aliphatic rings. The van der Waals surface area contributed by atoms with Crippen LogP contribution in [0.15, 0.2) is 30.5 Å². The van der Waals surface area contributed by atoms with Crippen LogP contribution in [0.3, 0.4) is 0 Å². The van der Waals surface area contributed by atoms with Crippen LogP contribution < -0.4 is 11.1 Å². The zero-order chi connectivity index (χ0) is 14.7. The number of carbonyl (C=O) groups excluding carboxylic acids is 1. The van der Waals surface area contributed by atoms with Crippen molar-refractivity contribution in [2.45, 2.75) is 39.9 Å². The minimum absolute atomic E-state index is 0.164. The molecule has 0 spiro atoms. The van der Waals surface area contributed by atoms with Gasteiger partial charge in [-0.2, -0.15) is 0 Å². The van der Waals surface area contributed by atoms with Crippen LogP contribution in [0.2, 0.25) is 0 Å². The molecule has 1 amide bonds. The van der Waals surface area contributed by atoms with E-state index in [0.717, 1.165) is 12.1 Å². The molecule has 1 heterocycles. The molecule has 0 aliphatic carbocycles. The van der Waals surface area contributed by atoms with Gasteiger partial charge in [-0.3, -0.25) is 4.79 Å². The zero-order valence-corrected chi connectivity index (χ0v) is 12.4. The number of primary amides is 1. The summed E-state index contributed by atoms with van der Waals surface area (Å²) in [6, 6.07) is 8.86. The molecule has 2 rings (SSSR count). The van der Waals surface area contributed by atoms with Gasteiger partial charge in [0.05, 0.1) is 5.92 Å². The number of fused-ring (bicyclic) bond motifs is 1. The molecule has 0 radical (unpaired) electrons. The normalized spacial score (nSPS) is 13.0. The van der Waals surface area contributed by atoms with Crippen molar-refractivity contribution in [2.24, 2.45) is 11.7 Å². The minimum Gasteiger partial charge on any atom is -0.369 e. The summed E-state index contributed by atoms with van der Waals surface area (Å²) in [5, 5.41) is 4.67. The molecule has 3 N–H and O–H groups in total. The first-order valence-electron chi connectivity index (χ1n) is 7.08. The predicted octanol–water partition coefficient (Wildman–Crippen LogP) is 2.26. The maximum Gasteiger partial charge on any atom is 0.222 e. The topological polar surface area (TPSA) is 60.1 Å². The molecule has 0 fully saturated rings. The van der Waals surface area contributed by atoms with E-state index in [9.17, 15) is 4.79 Å². The highest BCUT2D eigenvalue weighted by molar-refractivity contribution is 5.84. The quantitative estimate of drug-likeness (QED) is 0.848. The second-order valence-electron chi connectivity index (χ2n) is 5.66. The van der Waals surface area contributed by atoms with Crippen molar-refractivity contribution in [3.05, 3.63) is 36.0 Å². The van der Waals surface area contributed by atoms with Gasteiger partial charge in [0.15, 0.2) is 0 Å². The average Bonchev–Trinajstić information content (AvgIpc) is 2.80. The highest BCUT2D eigenvalue weighted by atomic mass is 16.1. The van der Waals surface area contributed by atoms with Gasteiger partial charge >= 0.3 is 0 Å². The Hall–Kier alpha value is -1.81. The third-order valence-electron chi connectivity index (χ3n) is 3.56. The number of amides is 1. The van der Waals surface area contributed by atoms with Crippen LogP contribution in [0.25, 0.3) is 10.9 Å². The Kier molecular flexibility index (Phi) is 4.45. The van der Waals surface area contributed by atoms with Gasteiger partial charge in [-0.05, 0) is 17.7 Å². The van der Waals surface area contributed by atoms with Gasteiger partial charge < -0.3 is 15.6 Å². The van der Waals surface area contributed by atoms with E-state index in [4.69, 9.17) is 5.73 Å². The lowest BCUT2D eigenvalue weighted by molar-refractivity contribution is -0.121. The van der Waals surface area contributed by atoms with Gasteiger partial charge in [-0.15, -0.1) is 0 Å². The molecule has 1 aromatic heterocycles. The van der Waals surface area contributed by atoms with Crippen molar-refractivity contribution in [1.29, 1.82) is 0 Å². The third-order valence-corrected chi connectivity index (χ3v) is 3.56. The second kappa shape index (κ2) is 6.09. The van der Waals surface area contributed by atoms with Gasteiger partial charge in [0.2, 0.25) is 5.91 Å². The monoisotopic (exact) mass is 273 g/mol. The lowest BCUT2D eigenvalue weighted by Gasteiger charge is -2.12. The lowest BCUT2D eigenvalue weighted by Crippen LogP contribution is -2.24. The van der Waals surface area contributed by atoms with Gasteiger partial charge in [0, 0.05) is 36.2 Å². The SMILES string of the molecule is CC(C)NCc1cccc2c1ccn2CC(C)C(N)=O. The van der Waals surface area contributed by atoms with Crippen molar-refractivity contribution >= 4 is 16.8 Å². The van der Waals surface area contributed by atoms with Crippen LogP contribution in [0.1, 0.15) is 26.3 Å². The second-order valence-corrected chi connectivity index (χ2v) is 5.66. The zero-order valence-electron chi connectivity index (χ0n) is 12.4. The Morgan fingerprint density at radius 3 is 2.70 bits per heavy atom. The first kappa shape index (κ1) is 14.6. The molecule has 1 unspecified atom stereocenters. The van der Waals surface area contributed by atoms with Crippen molar-refractivity contribution in [3.8, 4) is 0 Å². The first-order valence-corrected chi connectivity index (χ1v) is 7.08. The van der Waals surface area contributed by atoms with Crippen molar-refractivity contribution in [1.82, 2.24) is 9.88 Å². The van der Waals surface area contributed by atoms with Crippen LogP contribution >= 0.6 is 0 Å². The van der Waals surface area contributed by atoms with E-state index in [-0.39, 0.29) is 11.8 Å². The smallest absolute Gasteiger partial charge is 0.222 e. The van der Waals surface area contributed by atoms with Crippen LogP contribution in [-0.4, -0.2) is 16.5 Å². The highest BCUT2D eigenvalue weighted by Gasteiger charge is 2.12. The van der Waals surface area contributed by atoms with Crippen LogP contribution in [0.4, 0.5) is 0 Å². The number of rotatable bonds is 6. The van der Waals surface area contributed by atoms with E-state index < -0.39 is 0 Å². The summed E-state index contributed by atoms with van der Waals surface area (Å²) in [5.41, 5.74) is 7.78. The summed E-state index contributed by atoms with van der Waals surface area (Å²) in [5.74, 6) is -0.424. The first-order chi connectivity index (χ1) is 9.49. The van der Waals surface area contributed by atoms with E-state index >= 15 is 0 Å². The fourth-order valence-electron chi connectivity index (χ4n) is 2.30. The van der Waals surface area contributed by atoms with Crippen molar-refractivity contribution < 1.29 is 4.79 Å². The minimum atomic E-state index is -0.260. The number of aromatic nitrogens is 1. The number of hydrogen-bond acceptors (Lipinski definition) is 2. The molecule has 4 heteroatoms. The average molecular weight is 273 g/mol. The number of hydrogen-bond donors (Lipinski definition) is 2. The summed E-state index contributed by atoms with van der Waals surface area (Å²) in [6.07, 6.45) is 2.03. The lowest BCUT2D eigenvalue weighted by atomic mass is 10.1. The predicted molar refractivity (Wildman–Crippen MR) is 82.3 cm³/mol. The molecular weight excluding hydrogens is 250 g/mol. The summed E-state index contributed by atoms with van der Waals surface area (Å²) in [6.45, 7) is 7.61. The Balaban J connectivity index is 2.27.